The maximum Gasteiger partial charge on any atom is 0.194 e. The van der Waals surface area contributed by atoms with Gasteiger partial charge in [0, 0.05) is 12.0 Å². The fourth-order valence-corrected chi connectivity index (χ4v) is 1.52. The summed E-state index contributed by atoms with van der Waals surface area (Å²) in [5.41, 5.74) is 2.57. The molecule has 14 heavy (non-hydrogen) atoms. The lowest BCUT2D eigenvalue weighted by Gasteiger charge is -2.09. The molecule has 0 N–H and O–H groups in total. The molecule has 0 saturated heterocycles. The SMILES string of the molecule is [C-]#[N+]c1ccccc1C1CC(C)=NO1. The van der Waals surface area contributed by atoms with Gasteiger partial charge in [-0.25, -0.2) is 4.85 Å². The van der Waals surface area contributed by atoms with Crippen molar-refractivity contribution in [3.05, 3.63) is 41.2 Å². The first-order chi connectivity index (χ1) is 6.81. The molecule has 0 fully saturated rings. The number of para-hydroxylation sites is 1. The largest absolute Gasteiger partial charge is 0.389 e. The number of hydrogen-bond donors (Lipinski definition) is 0. The van der Waals surface area contributed by atoms with Crippen LogP contribution in [-0.4, -0.2) is 5.71 Å². The summed E-state index contributed by atoms with van der Waals surface area (Å²) < 4.78 is 0. The Labute approximate surface area is 82.8 Å². The molecule has 0 spiro atoms. The van der Waals surface area contributed by atoms with Crippen molar-refractivity contribution in [2.24, 2.45) is 5.16 Å². The molecule has 2 rings (SSSR count). The Kier molecular flexibility index (Phi) is 2.19. The van der Waals surface area contributed by atoms with E-state index in [2.05, 4.69) is 10.0 Å². The van der Waals surface area contributed by atoms with Gasteiger partial charge in [-0.05, 0) is 6.92 Å². The maximum absolute atomic E-state index is 7.03. The van der Waals surface area contributed by atoms with E-state index in [9.17, 15) is 0 Å². The summed E-state index contributed by atoms with van der Waals surface area (Å²) >= 11 is 0. The molecule has 0 bridgehead atoms. The minimum absolute atomic E-state index is 0.0692. The van der Waals surface area contributed by atoms with Gasteiger partial charge in [-0.3, -0.25) is 0 Å². The third kappa shape index (κ3) is 1.47. The first-order valence-electron chi connectivity index (χ1n) is 4.47. The molecular formula is C11H10N2O. The predicted molar refractivity (Wildman–Crippen MR) is 54.3 cm³/mol. The van der Waals surface area contributed by atoms with Crippen LogP contribution in [0.5, 0.6) is 0 Å². The van der Waals surface area contributed by atoms with Crippen molar-refractivity contribution in [1.29, 1.82) is 0 Å². The molecule has 70 valence electrons. The summed E-state index contributed by atoms with van der Waals surface area (Å²) in [4.78, 5) is 8.70. The number of rotatable bonds is 1. The molecule has 0 aromatic heterocycles. The molecule has 1 aliphatic rings. The zero-order valence-corrected chi connectivity index (χ0v) is 7.90. The molecule has 3 nitrogen and oxygen atoms in total. The Hall–Kier alpha value is -1.82. The zero-order chi connectivity index (χ0) is 9.97. The molecule has 1 aromatic rings. The average molecular weight is 186 g/mol. The molecule has 1 aromatic carbocycles. The van der Waals surface area contributed by atoms with E-state index in [1.165, 1.54) is 0 Å². The van der Waals surface area contributed by atoms with Crippen molar-refractivity contribution < 1.29 is 4.84 Å². The number of nitrogens with zero attached hydrogens (tertiary/aromatic N) is 2. The summed E-state index contributed by atoms with van der Waals surface area (Å²) in [5, 5.41) is 3.88. The van der Waals surface area contributed by atoms with Crippen LogP contribution in [0.25, 0.3) is 4.85 Å². The third-order valence-electron chi connectivity index (χ3n) is 2.22. The first-order valence-corrected chi connectivity index (χ1v) is 4.47. The summed E-state index contributed by atoms with van der Waals surface area (Å²) in [6, 6.07) is 7.51. The number of hydrogen-bond acceptors (Lipinski definition) is 2. The Bertz CT molecular complexity index is 418. The van der Waals surface area contributed by atoms with E-state index in [0.29, 0.717) is 5.69 Å². The van der Waals surface area contributed by atoms with Crippen molar-refractivity contribution in [2.45, 2.75) is 19.4 Å². The van der Waals surface area contributed by atoms with Crippen LogP contribution >= 0.6 is 0 Å². The summed E-state index contributed by atoms with van der Waals surface area (Å²) in [6.07, 6.45) is 0.715. The fraction of sp³-hybridized carbons (Fsp3) is 0.273. The van der Waals surface area contributed by atoms with Gasteiger partial charge >= 0.3 is 0 Å². The summed E-state index contributed by atoms with van der Waals surface area (Å²) in [5.74, 6) is 0. The minimum Gasteiger partial charge on any atom is -0.389 e. The van der Waals surface area contributed by atoms with E-state index < -0.39 is 0 Å². The van der Waals surface area contributed by atoms with Crippen molar-refractivity contribution in [3.8, 4) is 0 Å². The average Bonchev–Trinajstić information content (AvgIpc) is 2.65. The van der Waals surface area contributed by atoms with Gasteiger partial charge in [-0.2, -0.15) is 0 Å². The molecule has 1 aliphatic heterocycles. The lowest BCUT2D eigenvalue weighted by atomic mass is 10.0. The second-order valence-electron chi connectivity index (χ2n) is 3.30. The van der Waals surface area contributed by atoms with Crippen molar-refractivity contribution >= 4 is 11.4 Å². The monoisotopic (exact) mass is 186 g/mol. The van der Waals surface area contributed by atoms with Crippen molar-refractivity contribution in [2.75, 3.05) is 0 Å². The highest BCUT2D eigenvalue weighted by molar-refractivity contribution is 5.83. The van der Waals surface area contributed by atoms with E-state index in [-0.39, 0.29) is 6.10 Å². The van der Waals surface area contributed by atoms with Crippen LogP contribution in [0.3, 0.4) is 0 Å². The van der Waals surface area contributed by atoms with Gasteiger partial charge in [0.15, 0.2) is 5.69 Å². The Morgan fingerprint density at radius 2 is 2.29 bits per heavy atom. The quantitative estimate of drug-likeness (QED) is 0.619. The van der Waals surface area contributed by atoms with E-state index in [0.717, 1.165) is 17.7 Å². The van der Waals surface area contributed by atoms with Gasteiger partial charge in [0.05, 0.1) is 12.3 Å². The highest BCUT2D eigenvalue weighted by Gasteiger charge is 2.22. The number of oxime groups is 1. The van der Waals surface area contributed by atoms with Gasteiger partial charge in [0.2, 0.25) is 0 Å². The number of benzene rings is 1. The molecule has 0 saturated carbocycles. The van der Waals surface area contributed by atoms with Gasteiger partial charge in [-0.1, -0.05) is 29.4 Å². The summed E-state index contributed by atoms with van der Waals surface area (Å²) in [6.45, 7) is 8.96. The topological polar surface area (TPSA) is 25.9 Å². The highest BCUT2D eigenvalue weighted by Crippen LogP contribution is 2.33. The van der Waals surface area contributed by atoms with Crippen molar-refractivity contribution in [1.82, 2.24) is 0 Å². The smallest absolute Gasteiger partial charge is 0.194 e. The molecule has 0 aliphatic carbocycles. The van der Waals surface area contributed by atoms with Crippen LogP contribution in [-0.2, 0) is 4.84 Å². The summed E-state index contributed by atoms with van der Waals surface area (Å²) in [7, 11) is 0. The minimum atomic E-state index is -0.0692. The Morgan fingerprint density at radius 3 is 2.93 bits per heavy atom. The van der Waals surface area contributed by atoms with E-state index in [1.54, 1.807) is 6.07 Å². The van der Waals surface area contributed by atoms with Gasteiger partial charge in [0.25, 0.3) is 0 Å². The zero-order valence-electron chi connectivity index (χ0n) is 7.90. The molecule has 0 radical (unpaired) electrons. The fourth-order valence-electron chi connectivity index (χ4n) is 1.52. The Balaban J connectivity index is 2.30. The first kappa shape index (κ1) is 8.76. The third-order valence-corrected chi connectivity index (χ3v) is 2.22. The van der Waals surface area contributed by atoms with E-state index in [1.807, 2.05) is 25.1 Å². The standard InChI is InChI=1S/C11H10N2O/c1-8-7-11(14-13-8)9-5-3-4-6-10(9)12-2/h3-6,11H,7H2,1H3. The lowest BCUT2D eigenvalue weighted by Crippen LogP contribution is -1.97. The molecule has 1 unspecified atom stereocenters. The van der Waals surface area contributed by atoms with Crippen LogP contribution in [0, 0.1) is 6.57 Å². The Morgan fingerprint density at radius 1 is 1.50 bits per heavy atom. The molecule has 0 amide bonds. The van der Waals surface area contributed by atoms with Crippen molar-refractivity contribution in [3.63, 3.8) is 0 Å². The van der Waals surface area contributed by atoms with E-state index >= 15 is 0 Å². The van der Waals surface area contributed by atoms with Crippen LogP contribution in [0.2, 0.25) is 0 Å². The maximum atomic E-state index is 7.03. The lowest BCUT2D eigenvalue weighted by molar-refractivity contribution is 0.0863. The van der Waals surface area contributed by atoms with Crippen LogP contribution in [0.15, 0.2) is 29.4 Å². The van der Waals surface area contributed by atoms with Gasteiger partial charge < -0.3 is 4.84 Å². The highest BCUT2D eigenvalue weighted by atomic mass is 16.6. The second-order valence-corrected chi connectivity index (χ2v) is 3.30. The van der Waals surface area contributed by atoms with Gasteiger partial charge in [-0.15, -0.1) is 0 Å². The molecule has 1 heterocycles. The molecule has 3 heteroatoms. The van der Waals surface area contributed by atoms with Crippen LogP contribution < -0.4 is 0 Å². The van der Waals surface area contributed by atoms with Crippen LogP contribution in [0.1, 0.15) is 25.0 Å². The van der Waals surface area contributed by atoms with E-state index in [4.69, 9.17) is 11.4 Å². The molecular weight excluding hydrogens is 176 g/mol. The molecule has 1 atom stereocenters. The van der Waals surface area contributed by atoms with Crippen LogP contribution in [0.4, 0.5) is 5.69 Å². The van der Waals surface area contributed by atoms with Gasteiger partial charge in [0.1, 0.15) is 6.10 Å². The normalized spacial score (nSPS) is 19.7. The predicted octanol–water partition coefficient (Wildman–Crippen LogP) is 3.07. The second kappa shape index (κ2) is 3.51.